The summed E-state index contributed by atoms with van der Waals surface area (Å²) in [6.45, 7) is 4.63. The van der Waals surface area contributed by atoms with Gasteiger partial charge in [-0.15, -0.1) is 0 Å². The lowest BCUT2D eigenvalue weighted by Crippen LogP contribution is -2.49. The number of fused-ring (bicyclic) bond motifs is 1. The van der Waals surface area contributed by atoms with Crippen molar-refractivity contribution in [3.05, 3.63) is 0 Å². The highest BCUT2D eigenvalue weighted by molar-refractivity contribution is 5.79. The van der Waals surface area contributed by atoms with E-state index in [9.17, 15) is 4.79 Å². The van der Waals surface area contributed by atoms with Crippen molar-refractivity contribution in [1.29, 1.82) is 0 Å². The molecule has 2 fully saturated rings. The van der Waals surface area contributed by atoms with E-state index >= 15 is 0 Å². The van der Waals surface area contributed by atoms with Crippen molar-refractivity contribution in [2.75, 3.05) is 6.61 Å². The minimum absolute atomic E-state index is 0.0887. The van der Waals surface area contributed by atoms with Crippen molar-refractivity contribution in [3.8, 4) is 0 Å². The second kappa shape index (κ2) is 5.36. The molecule has 5 atom stereocenters. The molecule has 1 aliphatic carbocycles. The highest BCUT2D eigenvalue weighted by Crippen LogP contribution is 2.34. The molecule has 4 heteroatoms. The van der Waals surface area contributed by atoms with E-state index < -0.39 is 0 Å². The summed E-state index contributed by atoms with van der Waals surface area (Å²) < 4.78 is 5.70. The van der Waals surface area contributed by atoms with Crippen molar-refractivity contribution in [2.24, 2.45) is 17.6 Å². The van der Waals surface area contributed by atoms with Gasteiger partial charge in [0.15, 0.2) is 0 Å². The van der Waals surface area contributed by atoms with Gasteiger partial charge in [0, 0.05) is 30.5 Å². The Morgan fingerprint density at radius 3 is 2.82 bits per heavy atom. The molecule has 1 amide bonds. The predicted molar refractivity (Wildman–Crippen MR) is 66.4 cm³/mol. The van der Waals surface area contributed by atoms with Crippen LogP contribution in [-0.2, 0) is 9.53 Å². The minimum Gasteiger partial charge on any atom is -0.378 e. The van der Waals surface area contributed by atoms with E-state index in [2.05, 4.69) is 5.32 Å². The Bertz CT molecular complexity index is 281. The zero-order chi connectivity index (χ0) is 12.4. The molecule has 1 saturated carbocycles. The van der Waals surface area contributed by atoms with Crippen LogP contribution in [0.3, 0.4) is 0 Å². The van der Waals surface area contributed by atoms with Crippen LogP contribution in [0.1, 0.15) is 39.5 Å². The van der Waals surface area contributed by atoms with Crippen LogP contribution >= 0.6 is 0 Å². The standard InChI is InChI=1S/C13H24N2O2/c1-8(9(2)14)13(16)15-11-4-3-5-12-10(11)6-7-17-12/h8-12H,3-7,14H2,1-2H3,(H,15,16). The molecule has 0 aromatic rings. The van der Waals surface area contributed by atoms with Gasteiger partial charge in [-0.2, -0.15) is 0 Å². The number of hydrogen-bond acceptors (Lipinski definition) is 3. The van der Waals surface area contributed by atoms with Crippen molar-refractivity contribution in [1.82, 2.24) is 5.32 Å². The third-order valence-corrected chi connectivity index (χ3v) is 4.31. The molecule has 17 heavy (non-hydrogen) atoms. The monoisotopic (exact) mass is 240 g/mol. The maximum Gasteiger partial charge on any atom is 0.224 e. The Kier molecular flexibility index (Phi) is 4.05. The van der Waals surface area contributed by atoms with Crippen molar-refractivity contribution in [2.45, 2.75) is 57.7 Å². The van der Waals surface area contributed by atoms with Gasteiger partial charge in [-0.3, -0.25) is 4.79 Å². The minimum atomic E-state index is -0.113. The van der Waals surface area contributed by atoms with Crippen LogP contribution in [0.15, 0.2) is 0 Å². The van der Waals surface area contributed by atoms with Crippen LogP contribution in [-0.4, -0.2) is 30.7 Å². The second-order valence-electron chi connectivity index (χ2n) is 5.56. The number of amides is 1. The molecule has 0 bridgehead atoms. The average molecular weight is 240 g/mol. The Labute approximate surface area is 103 Å². The fourth-order valence-corrected chi connectivity index (χ4v) is 2.91. The second-order valence-corrected chi connectivity index (χ2v) is 5.56. The number of nitrogens with two attached hydrogens (primary N) is 1. The quantitative estimate of drug-likeness (QED) is 0.775. The van der Waals surface area contributed by atoms with Crippen LogP contribution in [0.2, 0.25) is 0 Å². The molecule has 2 rings (SSSR count). The molecular formula is C13H24N2O2. The summed E-state index contributed by atoms with van der Waals surface area (Å²) in [5.41, 5.74) is 5.76. The van der Waals surface area contributed by atoms with Crippen LogP contribution < -0.4 is 11.1 Å². The maximum atomic E-state index is 12.0. The molecule has 4 nitrogen and oxygen atoms in total. The van der Waals surface area contributed by atoms with Gasteiger partial charge in [-0.25, -0.2) is 0 Å². The van der Waals surface area contributed by atoms with E-state index in [1.165, 1.54) is 0 Å². The number of carbonyl (C=O) groups is 1. The van der Waals surface area contributed by atoms with Crippen LogP contribution in [0.5, 0.6) is 0 Å². The van der Waals surface area contributed by atoms with E-state index in [-0.39, 0.29) is 17.9 Å². The van der Waals surface area contributed by atoms with Crippen LogP contribution in [0, 0.1) is 11.8 Å². The highest BCUT2D eigenvalue weighted by Gasteiger charge is 2.38. The van der Waals surface area contributed by atoms with Gasteiger partial charge in [-0.1, -0.05) is 6.92 Å². The Balaban J connectivity index is 1.91. The normalized spacial score (nSPS) is 36.1. The topological polar surface area (TPSA) is 64.4 Å². The highest BCUT2D eigenvalue weighted by atomic mass is 16.5. The Morgan fingerprint density at radius 1 is 1.35 bits per heavy atom. The SMILES string of the molecule is CC(N)C(C)C(=O)NC1CCCC2OCCC12. The lowest BCUT2D eigenvalue weighted by molar-refractivity contribution is -0.126. The van der Waals surface area contributed by atoms with Gasteiger partial charge in [0.05, 0.1) is 6.10 Å². The molecule has 2 aliphatic rings. The molecule has 1 aliphatic heterocycles. The van der Waals surface area contributed by atoms with Gasteiger partial charge < -0.3 is 15.8 Å². The Hall–Kier alpha value is -0.610. The van der Waals surface area contributed by atoms with Gasteiger partial charge in [0.1, 0.15) is 0 Å². The van der Waals surface area contributed by atoms with E-state index in [1.54, 1.807) is 0 Å². The first kappa shape index (κ1) is 12.8. The lowest BCUT2D eigenvalue weighted by atomic mass is 9.81. The van der Waals surface area contributed by atoms with E-state index in [0.717, 1.165) is 32.3 Å². The fraction of sp³-hybridized carbons (Fsp3) is 0.923. The summed E-state index contributed by atoms with van der Waals surface area (Å²) >= 11 is 0. The van der Waals surface area contributed by atoms with E-state index in [4.69, 9.17) is 10.5 Å². The summed E-state index contributed by atoms with van der Waals surface area (Å²) in [6, 6.07) is 0.208. The summed E-state index contributed by atoms with van der Waals surface area (Å²) in [5.74, 6) is 0.503. The smallest absolute Gasteiger partial charge is 0.224 e. The van der Waals surface area contributed by atoms with E-state index in [1.807, 2.05) is 13.8 Å². The summed E-state index contributed by atoms with van der Waals surface area (Å²) in [5, 5.41) is 3.17. The summed E-state index contributed by atoms with van der Waals surface area (Å²) in [6.07, 6.45) is 4.85. The number of rotatable bonds is 3. The first-order valence-corrected chi connectivity index (χ1v) is 6.77. The largest absolute Gasteiger partial charge is 0.378 e. The maximum absolute atomic E-state index is 12.0. The number of ether oxygens (including phenoxy) is 1. The molecule has 1 saturated heterocycles. The van der Waals surface area contributed by atoms with Crippen LogP contribution in [0.25, 0.3) is 0 Å². The first-order valence-electron chi connectivity index (χ1n) is 6.77. The molecule has 0 aromatic heterocycles. The van der Waals surface area contributed by atoms with Crippen molar-refractivity contribution in [3.63, 3.8) is 0 Å². The van der Waals surface area contributed by atoms with E-state index in [0.29, 0.717) is 18.1 Å². The molecule has 5 unspecified atom stereocenters. The third-order valence-electron chi connectivity index (χ3n) is 4.31. The summed E-state index contributed by atoms with van der Waals surface area (Å²) in [7, 11) is 0. The fourth-order valence-electron chi connectivity index (χ4n) is 2.91. The Morgan fingerprint density at radius 2 is 2.12 bits per heavy atom. The summed E-state index contributed by atoms with van der Waals surface area (Å²) in [4.78, 5) is 12.0. The molecular weight excluding hydrogens is 216 g/mol. The van der Waals surface area contributed by atoms with Gasteiger partial charge >= 0.3 is 0 Å². The van der Waals surface area contributed by atoms with Crippen molar-refractivity contribution >= 4 is 5.91 Å². The molecule has 98 valence electrons. The third kappa shape index (κ3) is 2.80. The lowest BCUT2D eigenvalue weighted by Gasteiger charge is -2.34. The number of hydrogen-bond donors (Lipinski definition) is 2. The molecule has 0 radical (unpaired) electrons. The molecule has 1 heterocycles. The van der Waals surface area contributed by atoms with Gasteiger partial charge in [-0.05, 0) is 32.6 Å². The number of carbonyl (C=O) groups excluding carboxylic acids is 1. The molecule has 0 aromatic carbocycles. The van der Waals surface area contributed by atoms with Crippen LogP contribution in [0.4, 0.5) is 0 Å². The van der Waals surface area contributed by atoms with Gasteiger partial charge in [0.2, 0.25) is 5.91 Å². The zero-order valence-corrected chi connectivity index (χ0v) is 10.8. The van der Waals surface area contributed by atoms with Crippen molar-refractivity contribution < 1.29 is 9.53 Å². The predicted octanol–water partition coefficient (Wildman–Crippen LogP) is 1.04. The average Bonchev–Trinajstić information content (AvgIpc) is 2.76. The molecule has 0 spiro atoms. The number of nitrogens with one attached hydrogen (secondary N) is 1. The zero-order valence-electron chi connectivity index (χ0n) is 10.8. The van der Waals surface area contributed by atoms with Gasteiger partial charge in [0.25, 0.3) is 0 Å². The first-order chi connectivity index (χ1) is 8.09. The molecule has 3 N–H and O–H groups in total.